The van der Waals surface area contributed by atoms with Crippen LogP contribution >= 0.6 is 24.0 Å². The standard InChI is InChI=1S/C20H33N5O4.HI/c1-6-21-18(24-16-13-25(14-16)19(26)29-20(2,3)4)23-12-15-8-7-9-22-17(15)28-11-10-27-5;/h7-9,16H,6,10-14H2,1-5H3,(H2,21,23,24);1H. The van der Waals surface area contributed by atoms with E-state index in [0.717, 1.165) is 12.1 Å². The Hall–Kier alpha value is -1.82. The number of amides is 1. The van der Waals surface area contributed by atoms with Gasteiger partial charge in [0, 0.05) is 38.5 Å². The molecule has 0 spiro atoms. The summed E-state index contributed by atoms with van der Waals surface area (Å²) >= 11 is 0. The van der Waals surface area contributed by atoms with E-state index in [1.54, 1.807) is 18.2 Å². The molecule has 1 aromatic rings. The summed E-state index contributed by atoms with van der Waals surface area (Å²) in [6.45, 7) is 10.9. The van der Waals surface area contributed by atoms with Crippen LogP contribution in [0.1, 0.15) is 33.3 Å². The normalized spacial score (nSPS) is 14.4. The molecule has 0 bridgehead atoms. The average molecular weight is 535 g/mol. The number of methoxy groups -OCH3 is 1. The lowest BCUT2D eigenvalue weighted by molar-refractivity contribution is 0.00700. The van der Waals surface area contributed by atoms with Crippen LogP contribution in [0.25, 0.3) is 0 Å². The highest BCUT2D eigenvalue weighted by atomic mass is 127. The number of aromatic nitrogens is 1. The molecule has 170 valence electrons. The summed E-state index contributed by atoms with van der Waals surface area (Å²) in [6.07, 6.45) is 1.41. The van der Waals surface area contributed by atoms with Crippen LogP contribution in [0.15, 0.2) is 23.3 Å². The third kappa shape index (κ3) is 8.90. The average Bonchev–Trinajstić information content (AvgIpc) is 2.61. The highest BCUT2D eigenvalue weighted by Crippen LogP contribution is 2.17. The van der Waals surface area contributed by atoms with E-state index >= 15 is 0 Å². The quantitative estimate of drug-likeness (QED) is 0.229. The van der Waals surface area contributed by atoms with Crippen molar-refractivity contribution < 1.29 is 19.0 Å². The second-order valence-electron chi connectivity index (χ2n) is 7.73. The number of ether oxygens (including phenoxy) is 3. The maximum absolute atomic E-state index is 12.1. The minimum atomic E-state index is -0.487. The molecule has 2 rings (SSSR count). The minimum Gasteiger partial charge on any atom is -0.475 e. The molecular formula is C20H34IN5O4. The number of hydrogen-bond acceptors (Lipinski definition) is 6. The van der Waals surface area contributed by atoms with Crippen LogP contribution < -0.4 is 15.4 Å². The van der Waals surface area contributed by atoms with Crippen LogP contribution in [0.4, 0.5) is 4.79 Å². The van der Waals surface area contributed by atoms with Gasteiger partial charge in [-0.25, -0.2) is 14.8 Å². The van der Waals surface area contributed by atoms with Gasteiger partial charge in [-0.2, -0.15) is 0 Å². The van der Waals surface area contributed by atoms with Gasteiger partial charge in [-0.3, -0.25) is 0 Å². The highest BCUT2D eigenvalue weighted by molar-refractivity contribution is 14.0. The molecule has 0 saturated carbocycles. The first-order valence-corrected chi connectivity index (χ1v) is 9.90. The Kier molecular flexibility index (Phi) is 11.2. The number of nitrogens with one attached hydrogen (secondary N) is 2. The molecule has 9 nitrogen and oxygen atoms in total. The van der Waals surface area contributed by atoms with Gasteiger partial charge in [0.05, 0.1) is 19.2 Å². The second kappa shape index (κ2) is 12.8. The maximum atomic E-state index is 12.1. The molecule has 1 aromatic heterocycles. The number of likely N-dealkylation sites (tertiary alicyclic amines) is 1. The molecule has 2 N–H and O–H groups in total. The summed E-state index contributed by atoms with van der Waals surface area (Å²) in [7, 11) is 1.63. The van der Waals surface area contributed by atoms with Crippen LogP contribution in [-0.2, 0) is 16.0 Å². The first-order chi connectivity index (χ1) is 13.8. The number of hydrogen-bond donors (Lipinski definition) is 2. The Morgan fingerprint density at radius 2 is 2.07 bits per heavy atom. The van der Waals surface area contributed by atoms with Crippen LogP contribution in [-0.4, -0.2) is 73.5 Å². The Labute approximate surface area is 196 Å². The van der Waals surface area contributed by atoms with Crippen molar-refractivity contribution in [1.82, 2.24) is 20.5 Å². The molecule has 1 aliphatic rings. The lowest BCUT2D eigenvalue weighted by Crippen LogP contribution is -2.63. The van der Waals surface area contributed by atoms with Gasteiger partial charge in [0.2, 0.25) is 5.88 Å². The van der Waals surface area contributed by atoms with Crippen molar-refractivity contribution >= 4 is 36.0 Å². The van der Waals surface area contributed by atoms with E-state index in [9.17, 15) is 4.79 Å². The van der Waals surface area contributed by atoms with Gasteiger partial charge < -0.3 is 29.7 Å². The zero-order chi connectivity index (χ0) is 21.3. The summed E-state index contributed by atoms with van der Waals surface area (Å²) < 4.78 is 16.1. The van der Waals surface area contributed by atoms with Crippen molar-refractivity contribution in [1.29, 1.82) is 0 Å². The third-order valence-corrected chi connectivity index (χ3v) is 4.00. The molecule has 1 fully saturated rings. The van der Waals surface area contributed by atoms with E-state index in [2.05, 4.69) is 20.6 Å². The number of guanidine groups is 1. The predicted molar refractivity (Wildman–Crippen MR) is 127 cm³/mol. The summed E-state index contributed by atoms with van der Waals surface area (Å²) in [5, 5.41) is 6.58. The van der Waals surface area contributed by atoms with Crippen LogP contribution in [0.5, 0.6) is 5.88 Å². The fourth-order valence-corrected chi connectivity index (χ4v) is 2.62. The lowest BCUT2D eigenvalue weighted by Gasteiger charge is -2.40. The Bertz CT molecular complexity index is 690. The summed E-state index contributed by atoms with van der Waals surface area (Å²) in [5.74, 6) is 1.25. The van der Waals surface area contributed by atoms with Gasteiger partial charge in [0.1, 0.15) is 12.2 Å². The number of carbonyl (C=O) groups is 1. The van der Waals surface area contributed by atoms with Crippen molar-refractivity contribution in [3.63, 3.8) is 0 Å². The molecule has 1 amide bonds. The molecule has 0 atom stereocenters. The summed E-state index contributed by atoms with van der Waals surface area (Å²) in [5.41, 5.74) is 0.406. The second-order valence-corrected chi connectivity index (χ2v) is 7.73. The Morgan fingerprint density at radius 3 is 2.70 bits per heavy atom. The van der Waals surface area contributed by atoms with E-state index < -0.39 is 5.60 Å². The number of carbonyl (C=O) groups excluding carboxylic acids is 1. The molecule has 2 heterocycles. The minimum absolute atomic E-state index is 0. The molecule has 1 aliphatic heterocycles. The third-order valence-electron chi connectivity index (χ3n) is 4.00. The largest absolute Gasteiger partial charge is 0.475 e. The maximum Gasteiger partial charge on any atom is 0.410 e. The zero-order valence-corrected chi connectivity index (χ0v) is 20.8. The number of halogens is 1. The Morgan fingerprint density at radius 1 is 1.33 bits per heavy atom. The molecule has 0 aliphatic carbocycles. The first-order valence-electron chi connectivity index (χ1n) is 9.90. The van der Waals surface area contributed by atoms with Crippen LogP contribution in [0.3, 0.4) is 0 Å². The van der Waals surface area contributed by atoms with Gasteiger partial charge >= 0.3 is 6.09 Å². The predicted octanol–water partition coefficient (Wildman–Crippen LogP) is 2.40. The van der Waals surface area contributed by atoms with Gasteiger partial charge in [-0.05, 0) is 33.8 Å². The first kappa shape index (κ1) is 26.2. The molecule has 0 aromatic carbocycles. The van der Waals surface area contributed by atoms with Gasteiger partial charge in [-0.15, -0.1) is 24.0 Å². The van der Waals surface area contributed by atoms with Gasteiger partial charge in [0.25, 0.3) is 0 Å². The van der Waals surface area contributed by atoms with E-state index in [1.807, 2.05) is 39.8 Å². The number of aliphatic imine (C=N–C) groups is 1. The van der Waals surface area contributed by atoms with Crippen molar-refractivity contribution in [3.8, 4) is 5.88 Å². The topological polar surface area (TPSA) is 97.3 Å². The van der Waals surface area contributed by atoms with E-state index in [-0.39, 0.29) is 36.1 Å². The molecule has 0 radical (unpaired) electrons. The van der Waals surface area contributed by atoms with E-state index in [0.29, 0.717) is 44.7 Å². The molecule has 0 unspecified atom stereocenters. The number of pyridine rings is 1. The fourth-order valence-electron chi connectivity index (χ4n) is 2.62. The molecule has 10 heteroatoms. The fraction of sp³-hybridized carbons (Fsp3) is 0.650. The monoisotopic (exact) mass is 535 g/mol. The summed E-state index contributed by atoms with van der Waals surface area (Å²) in [6, 6.07) is 3.93. The molecule has 1 saturated heterocycles. The molecular weight excluding hydrogens is 501 g/mol. The van der Waals surface area contributed by atoms with E-state index in [1.165, 1.54) is 0 Å². The summed E-state index contributed by atoms with van der Waals surface area (Å²) in [4.78, 5) is 22.6. The van der Waals surface area contributed by atoms with Crippen molar-refractivity contribution in [2.45, 2.75) is 45.9 Å². The SMILES string of the molecule is CCNC(=NCc1cccnc1OCCOC)NC1CN(C(=O)OC(C)(C)C)C1.I. The van der Waals surface area contributed by atoms with Crippen LogP contribution in [0, 0.1) is 0 Å². The number of nitrogens with zero attached hydrogens (tertiary/aromatic N) is 3. The Balaban J connectivity index is 0.00000450. The van der Waals surface area contributed by atoms with Crippen molar-refractivity contribution in [2.24, 2.45) is 4.99 Å². The molecule has 30 heavy (non-hydrogen) atoms. The van der Waals surface area contributed by atoms with Gasteiger partial charge in [-0.1, -0.05) is 6.07 Å². The smallest absolute Gasteiger partial charge is 0.410 e. The zero-order valence-electron chi connectivity index (χ0n) is 18.4. The van der Waals surface area contributed by atoms with Crippen molar-refractivity contribution in [2.75, 3.05) is 40.0 Å². The van der Waals surface area contributed by atoms with Crippen molar-refractivity contribution in [3.05, 3.63) is 23.9 Å². The van der Waals surface area contributed by atoms with E-state index in [4.69, 9.17) is 14.2 Å². The van der Waals surface area contributed by atoms with Gasteiger partial charge in [0.15, 0.2) is 5.96 Å². The number of rotatable bonds is 8. The lowest BCUT2D eigenvalue weighted by atomic mass is 10.1. The highest BCUT2D eigenvalue weighted by Gasteiger charge is 2.34. The van der Waals surface area contributed by atoms with Crippen LogP contribution in [0.2, 0.25) is 0 Å².